The number of hydrogen-bond donors (Lipinski definition) is 0. The molecule has 5 heteroatoms. The molecule has 1 aromatic heterocycles. The largest absolute Gasteiger partial charge is 0.379 e. The number of morpholine rings is 1. The number of hydrogen-bond acceptors (Lipinski definition) is 4. The van der Waals surface area contributed by atoms with Crippen LogP contribution >= 0.6 is 11.3 Å². The van der Waals surface area contributed by atoms with Crippen LogP contribution in [0.25, 0.3) is 0 Å². The van der Waals surface area contributed by atoms with Gasteiger partial charge in [-0.2, -0.15) is 0 Å². The molecule has 0 N–H and O–H groups in total. The van der Waals surface area contributed by atoms with Crippen LogP contribution < -0.4 is 0 Å². The van der Waals surface area contributed by atoms with Gasteiger partial charge in [0.05, 0.1) is 13.2 Å². The van der Waals surface area contributed by atoms with E-state index < -0.39 is 0 Å². The molecule has 0 aromatic carbocycles. The van der Waals surface area contributed by atoms with E-state index in [4.69, 9.17) is 4.74 Å². The van der Waals surface area contributed by atoms with Crippen molar-refractivity contribution in [3.63, 3.8) is 0 Å². The first-order chi connectivity index (χ1) is 11.3. The molecule has 0 radical (unpaired) electrons. The molecular formula is C18H28N2O2S. The fraction of sp³-hybridized carbons (Fsp3) is 0.722. The van der Waals surface area contributed by atoms with Gasteiger partial charge in [-0.3, -0.25) is 9.69 Å². The zero-order valence-corrected chi connectivity index (χ0v) is 14.9. The number of aryl methyl sites for hydroxylation is 1. The summed E-state index contributed by atoms with van der Waals surface area (Å²) in [4.78, 5) is 18.6. The van der Waals surface area contributed by atoms with Crippen molar-refractivity contribution in [2.75, 3.05) is 39.4 Å². The van der Waals surface area contributed by atoms with E-state index in [1.54, 1.807) is 11.3 Å². The summed E-state index contributed by atoms with van der Waals surface area (Å²) >= 11 is 1.79. The quantitative estimate of drug-likeness (QED) is 0.801. The minimum atomic E-state index is 0.343. The average molecular weight is 337 g/mol. The standard InChI is InChI=1S/C18H28N2O2S/c1-2-15-13-20(14-17(15)19-8-10-22-11-9-19)18(21)7-3-5-16-6-4-12-23-16/h4,6,12,15,17H,2-3,5,7-11,13-14H2,1H3/t15-,17+/m1/s1. The summed E-state index contributed by atoms with van der Waals surface area (Å²) in [6.45, 7) is 7.81. The van der Waals surface area contributed by atoms with Gasteiger partial charge in [0.15, 0.2) is 0 Å². The Morgan fingerprint density at radius 2 is 2.17 bits per heavy atom. The van der Waals surface area contributed by atoms with Crippen molar-refractivity contribution in [2.45, 2.75) is 38.6 Å². The molecule has 2 fully saturated rings. The van der Waals surface area contributed by atoms with Crippen molar-refractivity contribution in [1.82, 2.24) is 9.80 Å². The van der Waals surface area contributed by atoms with Crippen LogP contribution in [0.3, 0.4) is 0 Å². The Morgan fingerprint density at radius 1 is 1.35 bits per heavy atom. The van der Waals surface area contributed by atoms with Gasteiger partial charge in [-0.05, 0) is 30.2 Å². The Morgan fingerprint density at radius 3 is 2.87 bits per heavy atom. The van der Waals surface area contributed by atoms with Gasteiger partial charge >= 0.3 is 0 Å². The van der Waals surface area contributed by atoms with Crippen LogP contribution in [0.4, 0.5) is 0 Å². The molecule has 1 amide bonds. The fourth-order valence-electron chi connectivity index (χ4n) is 3.81. The van der Waals surface area contributed by atoms with Gasteiger partial charge in [0, 0.05) is 43.5 Å². The molecule has 4 nitrogen and oxygen atoms in total. The van der Waals surface area contributed by atoms with E-state index >= 15 is 0 Å². The Labute approximate surface area is 143 Å². The minimum Gasteiger partial charge on any atom is -0.379 e. The molecule has 0 unspecified atom stereocenters. The molecule has 2 aliphatic heterocycles. The lowest BCUT2D eigenvalue weighted by molar-refractivity contribution is -0.130. The highest BCUT2D eigenvalue weighted by atomic mass is 32.1. The van der Waals surface area contributed by atoms with Crippen molar-refractivity contribution < 1.29 is 9.53 Å². The molecule has 0 spiro atoms. The Bertz CT molecular complexity index is 485. The summed E-state index contributed by atoms with van der Waals surface area (Å²) < 4.78 is 5.47. The average Bonchev–Trinajstić information content (AvgIpc) is 3.25. The van der Waals surface area contributed by atoms with Crippen LogP contribution in [0.2, 0.25) is 0 Å². The smallest absolute Gasteiger partial charge is 0.222 e. The van der Waals surface area contributed by atoms with Crippen LogP contribution in [0.1, 0.15) is 31.1 Å². The van der Waals surface area contributed by atoms with Crippen molar-refractivity contribution in [3.8, 4) is 0 Å². The van der Waals surface area contributed by atoms with Gasteiger partial charge < -0.3 is 9.64 Å². The molecule has 128 valence electrons. The second kappa shape index (κ2) is 8.27. The van der Waals surface area contributed by atoms with E-state index in [2.05, 4.69) is 34.2 Å². The molecule has 3 rings (SSSR count). The molecular weight excluding hydrogens is 308 g/mol. The second-order valence-electron chi connectivity index (χ2n) is 6.62. The van der Waals surface area contributed by atoms with E-state index in [0.29, 0.717) is 24.3 Å². The van der Waals surface area contributed by atoms with Crippen LogP contribution in [0.15, 0.2) is 17.5 Å². The number of carbonyl (C=O) groups excluding carboxylic acids is 1. The zero-order valence-electron chi connectivity index (χ0n) is 14.1. The lowest BCUT2D eigenvalue weighted by Crippen LogP contribution is -2.47. The molecule has 0 aliphatic carbocycles. The molecule has 3 heterocycles. The topological polar surface area (TPSA) is 32.8 Å². The summed E-state index contributed by atoms with van der Waals surface area (Å²) in [7, 11) is 0. The van der Waals surface area contributed by atoms with Gasteiger partial charge in [-0.25, -0.2) is 0 Å². The SMILES string of the molecule is CC[C@@H]1CN(C(=O)CCCc2cccs2)C[C@@H]1N1CCOCC1. The summed E-state index contributed by atoms with van der Waals surface area (Å²) in [5, 5.41) is 2.11. The molecule has 0 bridgehead atoms. The molecule has 23 heavy (non-hydrogen) atoms. The van der Waals surface area contributed by atoms with Gasteiger partial charge in [-0.1, -0.05) is 19.4 Å². The van der Waals surface area contributed by atoms with Crippen LogP contribution in [0, 0.1) is 5.92 Å². The Balaban J connectivity index is 1.48. The van der Waals surface area contributed by atoms with E-state index in [-0.39, 0.29) is 0 Å². The number of amides is 1. The van der Waals surface area contributed by atoms with Crippen LogP contribution in [-0.2, 0) is 16.0 Å². The first-order valence-corrected chi connectivity index (χ1v) is 9.78. The Hall–Kier alpha value is -0.910. The maximum absolute atomic E-state index is 12.5. The van der Waals surface area contributed by atoms with E-state index in [0.717, 1.165) is 58.7 Å². The summed E-state index contributed by atoms with van der Waals surface area (Å²) in [5.41, 5.74) is 0. The molecule has 0 saturated carbocycles. The maximum atomic E-state index is 12.5. The molecule has 2 atom stereocenters. The lowest BCUT2D eigenvalue weighted by Gasteiger charge is -2.34. The van der Waals surface area contributed by atoms with Gasteiger partial charge in [0.1, 0.15) is 0 Å². The van der Waals surface area contributed by atoms with E-state index in [9.17, 15) is 4.79 Å². The van der Waals surface area contributed by atoms with Gasteiger partial charge in [0.25, 0.3) is 0 Å². The highest BCUT2D eigenvalue weighted by molar-refractivity contribution is 7.09. The molecule has 1 aromatic rings. The number of rotatable bonds is 6. The third-order valence-electron chi connectivity index (χ3n) is 5.19. The highest BCUT2D eigenvalue weighted by Crippen LogP contribution is 2.26. The fourth-order valence-corrected chi connectivity index (χ4v) is 4.56. The van der Waals surface area contributed by atoms with Gasteiger partial charge in [0.2, 0.25) is 5.91 Å². The molecule has 2 aliphatic rings. The normalized spacial score (nSPS) is 25.9. The monoisotopic (exact) mass is 336 g/mol. The molecule has 2 saturated heterocycles. The van der Waals surface area contributed by atoms with E-state index in [1.165, 1.54) is 4.88 Å². The third-order valence-corrected chi connectivity index (χ3v) is 6.13. The number of ether oxygens (including phenoxy) is 1. The summed E-state index contributed by atoms with van der Waals surface area (Å²) in [5.74, 6) is 0.963. The van der Waals surface area contributed by atoms with Gasteiger partial charge in [-0.15, -0.1) is 11.3 Å². The third kappa shape index (κ3) is 4.34. The predicted molar refractivity (Wildman–Crippen MR) is 93.8 cm³/mol. The van der Waals surface area contributed by atoms with Crippen molar-refractivity contribution in [3.05, 3.63) is 22.4 Å². The first-order valence-electron chi connectivity index (χ1n) is 8.90. The van der Waals surface area contributed by atoms with E-state index in [1.807, 2.05) is 0 Å². The first kappa shape index (κ1) is 16.9. The maximum Gasteiger partial charge on any atom is 0.222 e. The minimum absolute atomic E-state index is 0.343. The predicted octanol–water partition coefficient (Wildman–Crippen LogP) is 2.64. The number of nitrogens with zero attached hydrogens (tertiary/aromatic N) is 2. The number of carbonyl (C=O) groups is 1. The lowest BCUT2D eigenvalue weighted by atomic mass is 9.99. The van der Waals surface area contributed by atoms with Crippen LogP contribution in [0.5, 0.6) is 0 Å². The van der Waals surface area contributed by atoms with Crippen LogP contribution in [-0.4, -0.2) is 61.1 Å². The van der Waals surface area contributed by atoms with Crippen molar-refractivity contribution in [1.29, 1.82) is 0 Å². The summed E-state index contributed by atoms with van der Waals surface area (Å²) in [6.07, 6.45) is 3.83. The zero-order chi connectivity index (χ0) is 16.1. The summed E-state index contributed by atoms with van der Waals surface area (Å²) in [6, 6.07) is 4.78. The highest BCUT2D eigenvalue weighted by Gasteiger charge is 2.37. The van der Waals surface area contributed by atoms with Crippen molar-refractivity contribution >= 4 is 17.2 Å². The number of thiophene rings is 1. The second-order valence-corrected chi connectivity index (χ2v) is 7.65. The number of likely N-dealkylation sites (tertiary alicyclic amines) is 1. The van der Waals surface area contributed by atoms with Crippen molar-refractivity contribution in [2.24, 2.45) is 5.92 Å². The Kier molecular flexibility index (Phi) is 6.08.